The maximum absolute atomic E-state index is 11.8. The molecular weight excluding hydrogens is 322 g/mol. The van der Waals surface area contributed by atoms with Crippen LogP contribution in [0, 0.1) is 5.92 Å². The number of hydrogen-bond donors (Lipinski definition) is 1. The van der Waals surface area contributed by atoms with E-state index in [1.807, 2.05) is 36.3 Å². The number of amides is 2. The molecule has 5 nitrogen and oxygen atoms in total. The van der Waals surface area contributed by atoms with Crippen LogP contribution in [0.25, 0.3) is 11.3 Å². The molecule has 1 aromatic carbocycles. The van der Waals surface area contributed by atoms with Crippen molar-refractivity contribution in [1.82, 2.24) is 4.98 Å². The molecule has 126 valence electrons. The van der Waals surface area contributed by atoms with Gasteiger partial charge in [-0.25, -0.2) is 4.98 Å². The highest BCUT2D eigenvalue weighted by Crippen LogP contribution is 2.36. The second kappa shape index (κ2) is 6.36. The van der Waals surface area contributed by atoms with Gasteiger partial charge in [-0.1, -0.05) is 19.9 Å². The average molecular weight is 343 g/mol. The number of benzene rings is 1. The number of rotatable bonds is 3. The molecule has 1 N–H and O–H groups in total. The van der Waals surface area contributed by atoms with Gasteiger partial charge in [-0.3, -0.25) is 9.59 Å². The minimum atomic E-state index is -0.0728. The first-order chi connectivity index (χ1) is 11.4. The predicted molar refractivity (Wildman–Crippen MR) is 97.3 cm³/mol. The van der Waals surface area contributed by atoms with Crippen LogP contribution in [0.4, 0.5) is 10.8 Å². The third kappa shape index (κ3) is 3.06. The second-order valence-electron chi connectivity index (χ2n) is 6.47. The van der Waals surface area contributed by atoms with Gasteiger partial charge in [0.15, 0.2) is 5.13 Å². The van der Waals surface area contributed by atoms with Gasteiger partial charge >= 0.3 is 0 Å². The summed E-state index contributed by atoms with van der Waals surface area (Å²) in [5, 5.41) is 5.39. The molecule has 0 saturated heterocycles. The smallest absolute Gasteiger partial charge is 0.228 e. The Morgan fingerprint density at radius 3 is 2.79 bits per heavy atom. The number of anilines is 2. The van der Waals surface area contributed by atoms with Gasteiger partial charge < -0.3 is 10.2 Å². The van der Waals surface area contributed by atoms with E-state index in [9.17, 15) is 9.59 Å². The third-order valence-electron chi connectivity index (χ3n) is 4.19. The Balaban J connectivity index is 1.85. The quantitative estimate of drug-likeness (QED) is 0.924. The van der Waals surface area contributed by atoms with Crippen LogP contribution in [0.2, 0.25) is 0 Å². The van der Waals surface area contributed by atoms with Gasteiger partial charge in [-0.2, -0.15) is 0 Å². The Kier molecular flexibility index (Phi) is 4.41. The molecule has 0 saturated carbocycles. The van der Waals surface area contributed by atoms with Gasteiger partial charge in [-0.15, -0.1) is 11.3 Å². The molecule has 2 amide bonds. The summed E-state index contributed by atoms with van der Waals surface area (Å²) in [4.78, 5) is 29.9. The molecule has 0 fully saturated rings. The van der Waals surface area contributed by atoms with Crippen molar-refractivity contribution in [2.45, 2.75) is 40.2 Å². The van der Waals surface area contributed by atoms with E-state index in [0.717, 1.165) is 28.9 Å². The van der Waals surface area contributed by atoms with Crippen molar-refractivity contribution < 1.29 is 9.59 Å². The topological polar surface area (TPSA) is 62.3 Å². The predicted octanol–water partition coefficient (Wildman–Crippen LogP) is 3.70. The number of nitrogens with one attached hydrogen (secondary N) is 1. The first kappa shape index (κ1) is 16.6. The molecule has 0 spiro atoms. The number of nitrogens with zero attached hydrogens (tertiary/aromatic N) is 2. The normalized spacial score (nSPS) is 16.4. The lowest BCUT2D eigenvalue weighted by atomic mass is 10.1. The fraction of sp³-hybridized carbons (Fsp3) is 0.389. The Hall–Kier alpha value is -2.21. The monoisotopic (exact) mass is 343 g/mol. The zero-order chi connectivity index (χ0) is 17.4. The van der Waals surface area contributed by atoms with Crippen LogP contribution in [-0.4, -0.2) is 22.8 Å². The van der Waals surface area contributed by atoms with E-state index >= 15 is 0 Å². The van der Waals surface area contributed by atoms with Crippen LogP contribution in [0.1, 0.15) is 33.3 Å². The fourth-order valence-corrected chi connectivity index (χ4v) is 3.71. The van der Waals surface area contributed by atoms with Crippen LogP contribution < -0.4 is 10.2 Å². The van der Waals surface area contributed by atoms with Crippen LogP contribution >= 0.6 is 11.3 Å². The van der Waals surface area contributed by atoms with Crippen molar-refractivity contribution in [2.24, 2.45) is 5.92 Å². The van der Waals surface area contributed by atoms with Gasteiger partial charge in [-0.05, 0) is 31.0 Å². The molecule has 1 atom stereocenters. The Morgan fingerprint density at radius 2 is 2.12 bits per heavy atom. The molecular formula is C18H21N3O2S. The van der Waals surface area contributed by atoms with Crippen molar-refractivity contribution in [2.75, 3.05) is 10.2 Å². The molecule has 1 aliphatic heterocycles. The minimum Gasteiger partial charge on any atom is -0.309 e. The largest absolute Gasteiger partial charge is 0.309 e. The molecule has 3 rings (SSSR count). The van der Waals surface area contributed by atoms with Crippen LogP contribution in [0.15, 0.2) is 23.6 Å². The molecule has 2 aromatic rings. The maximum atomic E-state index is 11.8. The highest BCUT2D eigenvalue weighted by molar-refractivity contribution is 7.14. The van der Waals surface area contributed by atoms with Crippen LogP contribution in [0.5, 0.6) is 0 Å². The van der Waals surface area contributed by atoms with Crippen molar-refractivity contribution in [1.29, 1.82) is 0 Å². The average Bonchev–Trinajstić information content (AvgIpc) is 3.09. The summed E-state index contributed by atoms with van der Waals surface area (Å²) in [6.07, 6.45) is 0.851. The molecule has 1 aromatic heterocycles. The van der Waals surface area contributed by atoms with Crippen molar-refractivity contribution in [3.8, 4) is 11.3 Å². The van der Waals surface area contributed by atoms with Gasteiger partial charge in [0.1, 0.15) is 0 Å². The van der Waals surface area contributed by atoms with E-state index < -0.39 is 0 Å². The molecule has 0 radical (unpaired) electrons. The lowest BCUT2D eigenvalue weighted by molar-refractivity contribution is -0.119. The van der Waals surface area contributed by atoms with Gasteiger partial charge in [0.2, 0.25) is 11.8 Å². The zero-order valence-corrected chi connectivity index (χ0v) is 15.1. The molecule has 24 heavy (non-hydrogen) atoms. The van der Waals surface area contributed by atoms with E-state index in [-0.39, 0.29) is 23.8 Å². The summed E-state index contributed by atoms with van der Waals surface area (Å²) in [7, 11) is 0. The number of thiazole rings is 1. The molecule has 1 aliphatic rings. The minimum absolute atomic E-state index is 0.0317. The standard InChI is InChI=1S/C18H21N3O2S/c1-10(2)17(23)20-18-19-15(9-24-18)13-5-6-16-14(8-13)7-11(3)21(16)12(4)22/h5-6,8-11H,7H2,1-4H3,(H,19,20,23)/t11-/m0/s1. The van der Waals surface area contributed by atoms with Crippen molar-refractivity contribution >= 4 is 34.0 Å². The van der Waals surface area contributed by atoms with Gasteiger partial charge in [0.05, 0.1) is 5.69 Å². The van der Waals surface area contributed by atoms with E-state index in [2.05, 4.69) is 23.3 Å². The van der Waals surface area contributed by atoms with Crippen LogP contribution in [0.3, 0.4) is 0 Å². The van der Waals surface area contributed by atoms with E-state index in [4.69, 9.17) is 0 Å². The first-order valence-electron chi connectivity index (χ1n) is 8.06. The number of carbonyl (C=O) groups excluding carboxylic acids is 2. The number of hydrogen-bond acceptors (Lipinski definition) is 4. The number of carbonyl (C=O) groups is 2. The first-order valence-corrected chi connectivity index (χ1v) is 8.94. The Morgan fingerprint density at radius 1 is 1.38 bits per heavy atom. The summed E-state index contributed by atoms with van der Waals surface area (Å²) in [5.74, 6) is -0.0338. The molecule has 0 aliphatic carbocycles. The molecule has 0 bridgehead atoms. The highest BCUT2D eigenvalue weighted by Gasteiger charge is 2.29. The van der Waals surface area contributed by atoms with Gasteiger partial charge in [0, 0.05) is 35.5 Å². The van der Waals surface area contributed by atoms with E-state index in [1.165, 1.54) is 11.3 Å². The van der Waals surface area contributed by atoms with Crippen LogP contribution in [-0.2, 0) is 16.0 Å². The number of aromatic nitrogens is 1. The number of fused-ring (bicyclic) bond motifs is 1. The van der Waals surface area contributed by atoms with Crippen molar-refractivity contribution in [3.63, 3.8) is 0 Å². The maximum Gasteiger partial charge on any atom is 0.228 e. The Bertz CT molecular complexity index is 797. The van der Waals surface area contributed by atoms with Gasteiger partial charge in [0.25, 0.3) is 0 Å². The van der Waals surface area contributed by atoms with Crippen molar-refractivity contribution in [3.05, 3.63) is 29.1 Å². The highest BCUT2D eigenvalue weighted by atomic mass is 32.1. The van der Waals surface area contributed by atoms with E-state index in [1.54, 1.807) is 6.92 Å². The summed E-state index contributed by atoms with van der Waals surface area (Å²) < 4.78 is 0. The molecule has 2 heterocycles. The SMILES string of the molecule is CC(=O)N1c2ccc(-c3csc(NC(=O)C(C)C)n3)cc2C[C@@H]1C. The molecule has 0 unspecified atom stereocenters. The lowest BCUT2D eigenvalue weighted by Crippen LogP contribution is -2.33. The third-order valence-corrected chi connectivity index (χ3v) is 4.95. The summed E-state index contributed by atoms with van der Waals surface area (Å²) >= 11 is 1.42. The fourth-order valence-electron chi connectivity index (χ4n) is 2.98. The Labute approximate surface area is 145 Å². The summed E-state index contributed by atoms with van der Waals surface area (Å²) in [5.41, 5.74) is 4.00. The lowest BCUT2D eigenvalue weighted by Gasteiger charge is -2.20. The summed E-state index contributed by atoms with van der Waals surface area (Å²) in [6.45, 7) is 7.37. The zero-order valence-electron chi connectivity index (χ0n) is 14.3. The van der Waals surface area contributed by atoms with E-state index in [0.29, 0.717) is 5.13 Å². The molecule has 6 heteroatoms. The summed E-state index contributed by atoms with van der Waals surface area (Å²) in [6, 6.07) is 6.25. The second-order valence-corrected chi connectivity index (χ2v) is 7.33.